The van der Waals surface area contributed by atoms with Crippen molar-refractivity contribution in [3.05, 3.63) is 28.8 Å². The van der Waals surface area contributed by atoms with E-state index in [2.05, 4.69) is 5.32 Å². The summed E-state index contributed by atoms with van der Waals surface area (Å²) < 4.78 is 16.1. The summed E-state index contributed by atoms with van der Waals surface area (Å²) >= 11 is 5.91. The summed E-state index contributed by atoms with van der Waals surface area (Å²) in [6.07, 6.45) is 1.70. The Morgan fingerprint density at radius 3 is 2.88 bits per heavy atom. The molecular weight excluding hydrogens is 246 g/mol. The van der Waals surface area contributed by atoms with Gasteiger partial charge in [-0.2, -0.15) is 0 Å². The van der Waals surface area contributed by atoms with Gasteiger partial charge in [-0.25, -0.2) is 0 Å². The minimum absolute atomic E-state index is 0.656. The van der Waals surface area contributed by atoms with Crippen molar-refractivity contribution in [2.45, 2.75) is 6.54 Å². The highest BCUT2D eigenvalue weighted by molar-refractivity contribution is 7.84. The Morgan fingerprint density at radius 2 is 2.25 bits per heavy atom. The fourth-order valence-corrected chi connectivity index (χ4v) is 1.95. The largest absolute Gasteiger partial charge is 0.496 e. The quantitative estimate of drug-likeness (QED) is 0.794. The molecule has 90 valence electrons. The van der Waals surface area contributed by atoms with E-state index in [9.17, 15) is 4.21 Å². The van der Waals surface area contributed by atoms with Gasteiger partial charge in [0.25, 0.3) is 0 Å². The summed E-state index contributed by atoms with van der Waals surface area (Å²) in [5.41, 5.74) is 1.01. The molecule has 0 aliphatic carbocycles. The van der Waals surface area contributed by atoms with Gasteiger partial charge < -0.3 is 10.1 Å². The molecule has 0 fully saturated rings. The van der Waals surface area contributed by atoms with E-state index in [4.69, 9.17) is 16.3 Å². The lowest BCUT2D eigenvalue weighted by Gasteiger charge is -2.09. The molecule has 3 nitrogen and oxygen atoms in total. The van der Waals surface area contributed by atoms with Gasteiger partial charge in [-0.3, -0.25) is 4.21 Å². The second-order valence-corrected chi connectivity index (χ2v) is 5.40. The van der Waals surface area contributed by atoms with E-state index < -0.39 is 10.8 Å². The van der Waals surface area contributed by atoms with E-state index in [0.29, 0.717) is 17.3 Å². The Hall–Kier alpha value is -0.580. The molecule has 0 aromatic heterocycles. The second-order valence-electron chi connectivity index (χ2n) is 3.41. The van der Waals surface area contributed by atoms with Crippen molar-refractivity contribution in [3.8, 4) is 5.75 Å². The van der Waals surface area contributed by atoms with Crippen molar-refractivity contribution in [3.63, 3.8) is 0 Å². The van der Waals surface area contributed by atoms with Gasteiger partial charge >= 0.3 is 0 Å². The highest BCUT2D eigenvalue weighted by Crippen LogP contribution is 2.22. The van der Waals surface area contributed by atoms with Crippen LogP contribution in [0.1, 0.15) is 5.56 Å². The summed E-state index contributed by atoms with van der Waals surface area (Å²) in [6, 6.07) is 5.51. The summed E-state index contributed by atoms with van der Waals surface area (Å²) in [5, 5.41) is 3.89. The second kappa shape index (κ2) is 6.89. The molecule has 0 spiro atoms. The lowest BCUT2D eigenvalue weighted by atomic mass is 10.2. The first-order valence-electron chi connectivity index (χ1n) is 4.96. The van der Waals surface area contributed by atoms with Crippen LogP contribution in [0.5, 0.6) is 5.75 Å². The van der Waals surface area contributed by atoms with Crippen LogP contribution in [0, 0.1) is 0 Å². The third-order valence-electron chi connectivity index (χ3n) is 2.12. The molecule has 1 N–H and O–H groups in total. The highest BCUT2D eigenvalue weighted by Gasteiger charge is 2.03. The number of methoxy groups -OCH3 is 1. The topological polar surface area (TPSA) is 38.3 Å². The van der Waals surface area contributed by atoms with Crippen LogP contribution in [0.25, 0.3) is 0 Å². The first-order valence-corrected chi connectivity index (χ1v) is 7.07. The zero-order valence-corrected chi connectivity index (χ0v) is 11.0. The molecule has 1 aromatic rings. The van der Waals surface area contributed by atoms with Gasteiger partial charge in [0.15, 0.2) is 0 Å². The lowest BCUT2D eigenvalue weighted by molar-refractivity contribution is 0.408. The third-order valence-corrected chi connectivity index (χ3v) is 3.14. The molecule has 0 saturated carbocycles. The molecule has 0 bridgehead atoms. The summed E-state index contributed by atoms with van der Waals surface area (Å²) in [4.78, 5) is 0. The van der Waals surface area contributed by atoms with Crippen LogP contribution >= 0.6 is 11.6 Å². The third kappa shape index (κ3) is 4.51. The van der Waals surface area contributed by atoms with E-state index in [1.54, 1.807) is 19.4 Å². The zero-order chi connectivity index (χ0) is 12.0. The number of benzene rings is 1. The van der Waals surface area contributed by atoms with Gasteiger partial charge in [-0.05, 0) is 18.2 Å². The van der Waals surface area contributed by atoms with Crippen molar-refractivity contribution >= 4 is 22.4 Å². The molecular formula is C11H16ClNO2S. The summed E-state index contributed by atoms with van der Waals surface area (Å²) in [6.45, 7) is 1.39. The Balaban J connectivity index is 2.51. The van der Waals surface area contributed by atoms with E-state index >= 15 is 0 Å². The molecule has 1 rings (SSSR count). The Kier molecular flexibility index (Phi) is 5.80. The van der Waals surface area contributed by atoms with Gasteiger partial charge in [0.1, 0.15) is 5.75 Å². The number of nitrogens with one attached hydrogen (secondary N) is 1. The molecule has 1 atom stereocenters. The van der Waals surface area contributed by atoms with Crippen LogP contribution in [0.15, 0.2) is 18.2 Å². The van der Waals surface area contributed by atoms with Crippen LogP contribution in [-0.2, 0) is 17.3 Å². The Bertz CT molecular complexity index is 371. The Morgan fingerprint density at radius 1 is 1.50 bits per heavy atom. The molecule has 0 aliphatic rings. The standard InChI is InChI=1S/C11H16ClNO2S/c1-15-11-4-3-10(12)7-9(11)8-13-5-6-16(2)14/h3-4,7,13H,5-6,8H2,1-2H3. The smallest absolute Gasteiger partial charge is 0.123 e. The van der Waals surface area contributed by atoms with Gasteiger partial charge in [0, 0.05) is 46.5 Å². The van der Waals surface area contributed by atoms with Crippen molar-refractivity contribution < 1.29 is 8.95 Å². The summed E-state index contributed by atoms with van der Waals surface area (Å²) in [5.74, 6) is 1.47. The van der Waals surface area contributed by atoms with Crippen LogP contribution in [-0.4, -0.2) is 29.9 Å². The van der Waals surface area contributed by atoms with Crippen LogP contribution < -0.4 is 10.1 Å². The van der Waals surface area contributed by atoms with Crippen LogP contribution in [0.4, 0.5) is 0 Å². The molecule has 1 unspecified atom stereocenters. The highest BCUT2D eigenvalue weighted by atomic mass is 35.5. The average Bonchev–Trinajstić information content (AvgIpc) is 2.24. The molecule has 0 heterocycles. The Labute approximate surface area is 104 Å². The number of halogens is 1. The summed E-state index contributed by atoms with van der Waals surface area (Å²) in [7, 11) is 0.878. The molecule has 0 amide bonds. The van der Waals surface area contributed by atoms with Gasteiger partial charge in [0.2, 0.25) is 0 Å². The normalized spacial score (nSPS) is 12.4. The van der Waals surface area contributed by atoms with E-state index in [0.717, 1.165) is 17.9 Å². The maximum absolute atomic E-state index is 10.9. The fraction of sp³-hybridized carbons (Fsp3) is 0.455. The van der Waals surface area contributed by atoms with Crippen molar-refractivity contribution in [2.75, 3.05) is 25.7 Å². The first-order chi connectivity index (χ1) is 7.63. The van der Waals surface area contributed by atoms with Crippen LogP contribution in [0.3, 0.4) is 0 Å². The molecule has 16 heavy (non-hydrogen) atoms. The number of hydrogen-bond acceptors (Lipinski definition) is 3. The maximum Gasteiger partial charge on any atom is 0.123 e. The molecule has 1 aromatic carbocycles. The van der Waals surface area contributed by atoms with Gasteiger partial charge in [-0.15, -0.1) is 0 Å². The maximum atomic E-state index is 10.9. The predicted molar refractivity (Wildman–Crippen MR) is 68.6 cm³/mol. The van der Waals surface area contributed by atoms with Gasteiger partial charge in [-0.1, -0.05) is 11.6 Å². The number of rotatable bonds is 6. The van der Waals surface area contributed by atoms with E-state index in [-0.39, 0.29) is 0 Å². The van der Waals surface area contributed by atoms with Gasteiger partial charge in [0.05, 0.1) is 7.11 Å². The lowest BCUT2D eigenvalue weighted by Crippen LogP contribution is -2.19. The fourth-order valence-electron chi connectivity index (χ4n) is 1.32. The number of ether oxygens (including phenoxy) is 1. The average molecular weight is 262 g/mol. The zero-order valence-electron chi connectivity index (χ0n) is 9.46. The SMILES string of the molecule is COc1ccc(Cl)cc1CNCCS(C)=O. The van der Waals surface area contributed by atoms with Crippen LogP contribution in [0.2, 0.25) is 5.02 Å². The molecule has 5 heteroatoms. The van der Waals surface area contributed by atoms with Crippen molar-refractivity contribution in [1.29, 1.82) is 0 Å². The van der Waals surface area contributed by atoms with Crippen molar-refractivity contribution in [1.82, 2.24) is 5.32 Å². The molecule has 0 radical (unpaired) electrons. The minimum Gasteiger partial charge on any atom is -0.496 e. The predicted octanol–water partition coefficient (Wildman–Crippen LogP) is 1.82. The van der Waals surface area contributed by atoms with Crippen molar-refractivity contribution in [2.24, 2.45) is 0 Å². The molecule has 0 aliphatic heterocycles. The minimum atomic E-state index is -0.755. The molecule has 0 saturated heterocycles. The van der Waals surface area contributed by atoms with E-state index in [1.165, 1.54) is 0 Å². The number of hydrogen-bond donors (Lipinski definition) is 1. The monoisotopic (exact) mass is 261 g/mol. The first kappa shape index (κ1) is 13.5. The van der Waals surface area contributed by atoms with E-state index in [1.807, 2.05) is 12.1 Å².